The van der Waals surface area contributed by atoms with Crippen LogP contribution in [0.1, 0.15) is 73.1 Å². The maximum atomic E-state index is 6.47. The van der Waals surface area contributed by atoms with E-state index in [-0.39, 0.29) is 0 Å². The lowest BCUT2D eigenvalue weighted by Gasteiger charge is -2.39. The Hall–Kier alpha value is 0.177. The third-order valence-corrected chi connectivity index (χ3v) is 8.64. The minimum atomic E-state index is -1.56. The van der Waals surface area contributed by atoms with Crippen molar-refractivity contribution in [2.75, 3.05) is 0 Å². The van der Waals surface area contributed by atoms with Crippen molar-refractivity contribution in [2.45, 2.75) is 97.4 Å². The third kappa shape index (κ3) is 6.61. The van der Waals surface area contributed by atoms with Gasteiger partial charge in [0.05, 0.1) is 0 Å². The average Bonchev–Trinajstić information content (AvgIpc) is 2.20. The van der Waals surface area contributed by atoms with Crippen LogP contribution in [0, 0.1) is 0 Å². The fourth-order valence-electron chi connectivity index (χ4n) is 1.74. The monoisotopic (exact) mass is 258 g/mol. The first-order valence-electron chi connectivity index (χ1n) is 7.42. The summed E-state index contributed by atoms with van der Waals surface area (Å²) in [6.07, 6.45) is 8.31. The van der Waals surface area contributed by atoms with Gasteiger partial charge in [0.1, 0.15) is 0 Å². The van der Waals surface area contributed by atoms with Gasteiger partial charge in [-0.15, -0.1) is 0 Å². The molecule has 0 aliphatic heterocycles. The maximum absolute atomic E-state index is 6.47. The van der Waals surface area contributed by atoms with E-state index in [9.17, 15) is 0 Å². The number of rotatable bonds is 8. The Balaban J connectivity index is 4.12. The number of hydrogen-bond acceptors (Lipinski definition) is 1. The molecule has 0 radical (unpaired) electrons. The fourth-order valence-corrected chi connectivity index (χ4v) is 3.21. The molecule has 0 saturated heterocycles. The molecule has 1 nitrogen and oxygen atoms in total. The van der Waals surface area contributed by atoms with Gasteiger partial charge in [-0.05, 0) is 31.0 Å². The zero-order valence-corrected chi connectivity index (χ0v) is 14.2. The van der Waals surface area contributed by atoms with Gasteiger partial charge in [0.15, 0.2) is 8.32 Å². The molecule has 1 unspecified atom stereocenters. The molecule has 104 valence electrons. The first-order valence-corrected chi connectivity index (χ1v) is 10.3. The second-order valence-corrected chi connectivity index (χ2v) is 11.5. The van der Waals surface area contributed by atoms with E-state index in [0.29, 0.717) is 11.1 Å². The first-order chi connectivity index (χ1) is 7.74. The summed E-state index contributed by atoms with van der Waals surface area (Å²) < 4.78 is 6.47. The van der Waals surface area contributed by atoms with Crippen molar-refractivity contribution < 1.29 is 4.43 Å². The van der Waals surface area contributed by atoms with Crippen LogP contribution in [0.3, 0.4) is 0 Å². The minimum Gasteiger partial charge on any atom is -0.414 e. The highest BCUT2D eigenvalue weighted by atomic mass is 28.4. The molecule has 1 atom stereocenters. The summed E-state index contributed by atoms with van der Waals surface area (Å²) in [4.78, 5) is 0. The molecule has 0 spiro atoms. The molecule has 0 aromatic rings. The van der Waals surface area contributed by atoms with Crippen LogP contribution in [0.25, 0.3) is 0 Å². The Morgan fingerprint density at radius 3 is 2.00 bits per heavy atom. The molecule has 0 fully saturated rings. The Bertz CT molecular complexity index is 194. The van der Waals surface area contributed by atoms with Crippen molar-refractivity contribution in [3.8, 4) is 0 Å². The van der Waals surface area contributed by atoms with E-state index in [1.54, 1.807) is 0 Å². The van der Waals surface area contributed by atoms with Gasteiger partial charge < -0.3 is 4.43 Å². The van der Waals surface area contributed by atoms with Crippen LogP contribution in [-0.4, -0.2) is 14.4 Å². The average molecular weight is 259 g/mol. The van der Waals surface area contributed by atoms with Gasteiger partial charge in [0, 0.05) is 6.10 Å². The van der Waals surface area contributed by atoms with Crippen molar-refractivity contribution in [2.24, 2.45) is 0 Å². The SMILES string of the molecule is CCCCCCC(CC)O[Si](C)(C)C(C)(C)C. The molecule has 2 heteroatoms. The Morgan fingerprint density at radius 2 is 1.59 bits per heavy atom. The van der Waals surface area contributed by atoms with E-state index in [0.717, 1.165) is 0 Å². The molecular weight excluding hydrogens is 224 g/mol. The van der Waals surface area contributed by atoms with Crippen molar-refractivity contribution in [3.63, 3.8) is 0 Å². The summed E-state index contributed by atoms with van der Waals surface area (Å²) in [6.45, 7) is 16.2. The van der Waals surface area contributed by atoms with Crippen molar-refractivity contribution in [3.05, 3.63) is 0 Å². The molecule has 0 rings (SSSR count). The highest BCUT2D eigenvalue weighted by molar-refractivity contribution is 6.74. The van der Waals surface area contributed by atoms with Crippen LogP contribution >= 0.6 is 0 Å². The summed E-state index contributed by atoms with van der Waals surface area (Å²) in [5.41, 5.74) is 0. The van der Waals surface area contributed by atoms with Crippen molar-refractivity contribution in [1.29, 1.82) is 0 Å². The van der Waals surface area contributed by atoms with Gasteiger partial charge in [-0.3, -0.25) is 0 Å². The van der Waals surface area contributed by atoms with E-state index in [1.807, 2.05) is 0 Å². The van der Waals surface area contributed by atoms with Gasteiger partial charge in [-0.25, -0.2) is 0 Å². The summed E-state index contributed by atoms with van der Waals surface area (Å²) in [5, 5.41) is 0.337. The number of unbranched alkanes of at least 4 members (excludes halogenated alkanes) is 3. The minimum absolute atomic E-state index is 0.337. The van der Waals surface area contributed by atoms with Crippen LogP contribution < -0.4 is 0 Å². The van der Waals surface area contributed by atoms with Crippen LogP contribution in [-0.2, 0) is 4.43 Å². The van der Waals surface area contributed by atoms with Gasteiger partial charge in [-0.2, -0.15) is 0 Å². The summed E-state index contributed by atoms with van der Waals surface area (Å²) in [6, 6.07) is 0. The molecule has 0 aromatic carbocycles. The quantitative estimate of drug-likeness (QED) is 0.397. The lowest BCUT2D eigenvalue weighted by Crippen LogP contribution is -2.43. The molecule has 0 saturated carbocycles. The molecular formula is C15H34OSi. The normalized spacial score (nSPS) is 15.0. The molecule has 0 aliphatic carbocycles. The molecule has 0 N–H and O–H groups in total. The second-order valence-electron chi connectivity index (χ2n) is 6.76. The van der Waals surface area contributed by atoms with Gasteiger partial charge in [-0.1, -0.05) is 60.3 Å². The van der Waals surface area contributed by atoms with Gasteiger partial charge >= 0.3 is 0 Å². The van der Waals surface area contributed by atoms with E-state index < -0.39 is 8.32 Å². The largest absolute Gasteiger partial charge is 0.414 e. The zero-order valence-electron chi connectivity index (χ0n) is 13.2. The third-order valence-electron chi connectivity index (χ3n) is 4.10. The zero-order chi connectivity index (χ0) is 13.5. The summed E-state index contributed by atoms with van der Waals surface area (Å²) in [5.74, 6) is 0. The maximum Gasteiger partial charge on any atom is 0.192 e. The molecule has 0 heterocycles. The Labute approximate surface area is 110 Å². The Morgan fingerprint density at radius 1 is 1.00 bits per heavy atom. The van der Waals surface area contributed by atoms with Crippen LogP contribution in [0.15, 0.2) is 0 Å². The molecule has 0 bridgehead atoms. The van der Waals surface area contributed by atoms with Gasteiger partial charge in [0.25, 0.3) is 0 Å². The first kappa shape index (κ1) is 17.2. The second kappa shape index (κ2) is 7.58. The van der Waals surface area contributed by atoms with Crippen LogP contribution in [0.5, 0.6) is 0 Å². The highest BCUT2D eigenvalue weighted by Crippen LogP contribution is 2.38. The van der Waals surface area contributed by atoms with E-state index in [4.69, 9.17) is 4.43 Å². The van der Waals surface area contributed by atoms with E-state index in [2.05, 4.69) is 47.7 Å². The number of hydrogen-bond donors (Lipinski definition) is 0. The standard InChI is InChI=1S/C15H34OSi/c1-8-10-11-12-13-14(9-2)16-17(6,7)15(3,4)5/h14H,8-13H2,1-7H3. The highest BCUT2D eigenvalue weighted by Gasteiger charge is 2.38. The van der Waals surface area contributed by atoms with E-state index >= 15 is 0 Å². The summed E-state index contributed by atoms with van der Waals surface area (Å²) >= 11 is 0. The molecule has 0 aliphatic rings. The molecule has 17 heavy (non-hydrogen) atoms. The topological polar surface area (TPSA) is 9.23 Å². The lowest BCUT2D eigenvalue weighted by atomic mass is 10.1. The van der Waals surface area contributed by atoms with Crippen LogP contribution in [0.2, 0.25) is 18.1 Å². The fraction of sp³-hybridized carbons (Fsp3) is 1.00. The summed E-state index contributed by atoms with van der Waals surface area (Å²) in [7, 11) is -1.56. The predicted molar refractivity (Wildman–Crippen MR) is 81.1 cm³/mol. The lowest BCUT2D eigenvalue weighted by molar-refractivity contribution is 0.163. The smallest absolute Gasteiger partial charge is 0.192 e. The Kier molecular flexibility index (Phi) is 7.66. The molecule has 0 amide bonds. The van der Waals surface area contributed by atoms with Crippen molar-refractivity contribution in [1.82, 2.24) is 0 Å². The van der Waals surface area contributed by atoms with E-state index in [1.165, 1.54) is 38.5 Å². The van der Waals surface area contributed by atoms with Crippen LogP contribution in [0.4, 0.5) is 0 Å². The predicted octanol–water partition coefficient (Wildman–Crippen LogP) is 5.76. The van der Waals surface area contributed by atoms with Crippen molar-refractivity contribution >= 4 is 8.32 Å². The van der Waals surface area contributed by atoms with Gasteiger partial charge in [0.2, 0.25) is 0 Å². The molecule has 0 aromatic heterocycles.